The zero-order valence-electron chi connectivity index (χ0n) is 15.9. The molecule has 8 heteroatoms. The van der Waals surface area contributed by atoms with Crippen molar-refractivity contribution in [3.05, 3.63) is 12.2 Å². The van der Waals surface area contributed by atoms with Crippen molar-refractivity contribution < 1.29 is 28.7 Å². The van der Waals surface area contributed by atoms with E-state index in [0.717, 1.165) is 37.0 Å². The van der Waals surface area contributed by atoms with E-state index in [-0.39, 0.29) is 68.9 Å². The highest BCUT2D eigenvalue weighted by Gasteiger charge is 2.22. The summed E-state index contributed by atoms with van der Waals surface area (Å²) in [6, 6.07) is 0. The van der Waals surface area contributed by atoms with E-state index in [4.69, 9.17) is 9.47 Å². The van der Waals surface area contributed by atoms with E-state index in [0.29, 0.717) is 0 Å². The van der Waals surface area contributed by atoms with Gasteiger partial charge in [0.2, 0.25) is 5.91 Å². The van der Waals surface area contributed by atoms with Gasteiger partial charge in [0.25, 0.3) is 11.8 Å². The summed E-state index contributed by atoms with van der Waals surface area (Å²) in [7, 11) is 0. The van der Waals surface area contributed by atoms with E-state index in [1.807, 2.05) is 0 Å². The fourth-order valence-corrected chi connectivity index (χ4v) is 2.81. The van der Waals surface area contributed by atoms with Crippen LogP contribution in [0.2, 0.25) is 0 Å². The summed E-state index contributed by atoms with van der Waals surface area (Å²) in [5.74, 6) is 4.80. The number of hydrogen-bond acceptors (Lipinski definition) is 6. The zero-order chi connectivity index (χ0) is 20.2. The Kier molecular flexibility index (Phi) is 9.22. The van der Waals surface area contributed by atoms with E-state index < -0.39 is 0 Å². The van der Waals surface area contributed by atoms with Crippen LogP contribution in [0.3, 0.4) is 0 Å². The van der Waals surface area contributed by atoms with Crippen molar-refractivity contribution >= 4 is 23.7 Å². The van der Waals surface area contributed by atoms with Crippen molar-refractivity contribution in [3.63, 3.8) is 0 Å². The van der Waals surface area contributed by atoms with Crippen LogP contribution in [0.4, 0.5) is 0 Å². The molecular weight excluding hydrogens is 364 g/mol. The maximum atomic E-state index is 11.9. The molecule has 1 aliphatic heterocycles. The molecular formula is C20H26N2O6. The minimum atomic E-state index is -0.363. The maximum absolute atomic E-state index is 11.9. The van der Waals surface area contributed by atoms with Gasteiger partial charge in [-0.3, -0.25) is 24.1 Å². The van der Waals surface area contributed by atoms with Crippen LogP contribution in [0.1, 0.15) is 44.9 Å². The van der Waals surface area contributed by atoms with Gasteiger partial charge in [-0.15, -0.1) is 11.8 Å². The molecule has 0 spiro atoms. The van der Waals surface area contributed by atoms with Gasteiger partial charge in [0.1, 0.15) is 6.10 Å². The number of rotatable bonds is 10. The number of esters is 1. The molecule has 1 aliphatic carbocycles. The molecule has 0 saturated carbocycles. The summed E-state index contributed by atoms with van der Waals surface area (Å²) >= 11 is 0. The van der Waals surface area contributed by atoms with Crippen LogP contribution >= 0.6 is 0 Å². The van der Waals surface area contributed by atoms with E-state index >= 15 is 0 Å². The summed E-state index contributed by atoms with van der Waals surface area (Å²) in [6.07, 6.45) is 6.48. The molecule has 1 unspecified atom stereocenters. The van der Waals surface area contributed by atoms with Crippen molar-refractivity contribution in [1.29, 1.82) is 0 Å². The molecule has 8 nitrogen and oxygen atoms in total. The monoisotopic (exact) mass is 390 g/mol. The second-order valence-corrected chi connectivity index (χ2v) is 6.52. The molecule has 152 valence electrons. The lowest BCUT2D eigenvalue weighted by atomic mass is 10.0. The first-order valence-electron chi connectivity index (χ1n) is 9.59. The van der Waals surface area contributed by atoms with Crippen LogP contribution in [-0.4, -0.2) is 61.0 Å². The minimum absolute atomic E-state index is 0.0427. The second-order valence-electron chi connectivity index (χ2n) is 6.52. The number of nitrogens with zero attached hydrogens (tertiary/aromatic N) is 1. The number of hydrogen-bond donors (Lipinski definition) is 1. The Hall–Kier alpha value is -2.66. The Balaban J connectivity index is 1.48. The fraction of sp³-hybridized carbons (Fsp3) is 0.600. The molecule has 2 rings (SSSR count). The Morgan fingerprint density at radius 2 is 1.82 bits per heavy atom. The molecule has 1 N–H and O–H groups in total. The topological polar surface area (TPSA) is 102 Å². The number of carbonyl (C=O) groups excluding carboxylic acids is 4. The van der Waals surface area contributed by atoms with E-state index in [2.05, 4.69) is 17.2 Å². The average molecular weight is 390 g/mol. The molecule has 0 aromatic rings. The Bertz CT molecular complexity index is 658. The summed E-state index contributed by atoms with van der Waals surface area (Å²) < 4.78 is 10.7. The maximum Gasteiger partial charge on any atom is 0.306 e. The van der Waals surface area contributed by atoms with Crippen LogP contribution in [-0.2, 0) is 28.7 Å². The quantitative estimate of drug-likeness (QED) is 0.255. The third-order valence-electron chi connectivity index (χ3n) is 4.33. The summed E-state index contributed by atoms with van der Waals surface area (Å²) in [5.41, 5.74) is 0. The lowest BCUT2D eigenvalue weighted by Gasteiger charge is -2.17. The van der Waals surface area contributed by atoms with Crippen LogP contribution in [0.15, 0.2) is 12.2 Å². The number of imide groups is 1. The van der Waals surface area contributed by atoms with Gasteiger partial charge in [0.15, 0.2) is 0 Å². The molecule has 0 fully saturated rings. The second kappa shape index (κ2) is 11.9. The first kappa shape index (κ1) is 21.6. The number of nitrogens with one attached hydrogen (secondary N) is 1. The van der Waals surface area contributed by atoms with Crippen LogP contribution in [0.25, 0.3) is 0 Å². The molecule has 0 radical (unpaired) electrons. The molecule has 1 atom stereocenters. The third kappa shape index (κ3) is 7.92. The summed E-state index contributed by atoms with van der Waals surface area (Å²) in [6.45, 7) is 0.919. The van der Waals surface area contributed by atoms with Gasteiger partial charge in [0.05, 0.1) is 26.2 Å². The first-order valence-corrected chi connectivity index (χ1v) is 9.59. The number of ether oxygens (including phenoxy) is 2. The molecule has 0 aromatic carbocycles. The highest BCUT2D eigenvalue weighted by atomic mass is 16.5. The molecule has 1 heterocycles. The Morgan fingerprint density at radius 1 is 1.07 bits per heavy atom. The highest BCUT2D eigenvalue weighted by molar-refractivity contribution is 6.12. The van der Waals surface area contributed by atoms with Crippen molar-refractivity contribution in [2.75, 3.05) is 26.3 Å². The number of carbonyl (C=O) groups is 4. The lowest BCUT2D eigenvalue weighted by molar-refractivity contribution is -0.150. The summed E-state index contributed by atoms with van der Waals surface area (Å²) in [5, 5.41) is 2.66. The van der Waals surface area contributed by atoms with Crippen molar-refractivity contribution in [1.82, 2.24) is 10.2 Å². The van der Waals surface area contributed by atoms with Gasteiger partial charge < -0.3 is 14.8 Å². The van der Waals surface area contributed by atoms with Gasteiger partial charge in [-0.25, -0.2) is 0 Å². The number of amides is 3. The van der Waals surface area contributed by atoms with E-state index in [9.17, 15) is 19.2 Å². The SMILES string of the molecule is O=C(CCC(=O)OC1CCC#CCCC1)NCCOCCN1C(=O)C=CC1=O. The smallest absolute Gasteiger partial charge is 0.306 e. The Morgan fingerprint density at radius 3 is 2.61 bits per heavy atom. The van der Waals surface area contributed by atoms with Crippen LogP contribution in [0.5, 0.6) is 0 Å². The van der Waals surface area contributed by atoms with E-state index in [1.165, 1.54) is 12.2 Å². The summed E-state index contributed by atoms with van der Waals surface area (Å²) in [4.78, 5) is 47.4. The molecule has 2 aliphatic rings. The van der Waals surface area contributed by atoms with Gasteiger partial charge in [0, 0.05) is 38.0 Å². The first-order chi connectivity index (χ1) is 13.6. The Labute approximate surface area is 164 Å². The predicted molar refractivity (Wildman–Crippen MR) is 99.7 cm³/mol. The van der Waals surface area contributed by atoms with Crippen molar-refractivity contribution in [2.45, 2.75) is 51.0 Å². The van der Waals surface area contributed by atoms with Crippen LogP contribution in [0, 0.1) is 11.8 Å². The molecule has 0 saturated heterocycles. The molecule has 3 amide bonds. The van der Waals surface area contributed by atoms with E-state index in [1.54, 1.807) is 0 Å². The molecule has 0 bridgehead atoms. The van der Waals surface area contributed by atoms with Gasteiger partial charge in [-0.1, -0.05) is 0 Å². The normalized spacial score (nSPS) is 18.9. The minimum Gasteiger partial charge on any atom is -0.462 e. The standard InChI is InChI=1S/C20H26N2O6/c23-17(8-11-20(26)28-16-6-4-2-1-3-5-7-16)21-12-14-27-15-13-22-18(24)9-10-19(22)25/h9-10,16H,2,4-8,11-15H2,(H,21,23). The predicted octanol–water partition coefficient (Wildman–Crippen LogP) is 0.704. The lowest BCUT2D eigenvalue weighted by Crippen LogP contribution is -2.34. The molecule has 28 heavy (non-hydrogen) atoms. The van der Waals surface area contributed by atoms with Gasteiger partial charge in [-0.2, -0.15) is 0 Å². The van der Waals surface area contributed by atoms with Gasteiger partial charge >= 0.3 is 5.97 Å². The largest absolute Gasteiger partial charge is 0.462 e. The van der Waals surface area contributed by atoms with Crippen molar-refractivity contribution in [2.24, 2.45) is 0 Å². The third-order valence-corrected chi connectivity index (χ3v) is 4.33. The highest BCUT2D eigenvalue weighted by Crippen LogP contribution is 2.14. The van der Waals surface area contributed by atoms with Crippen LogP contribution < -0.4 is 5.32 Å². The average Bonchev–Trinajstić information content (AvgIpc) is 2.96. The van der Waals surface area contributed by atoms with Crippen molar-refractivity contribution in [3.8, 4) is 11.8 Å². The van der Waals surface area contributed by atoms with Gasteiger partial charge in [-0.05, 0) is 19.3 Å². The zero-order valence-corrected chi connectivity index (χ0v) is 15.9. The fourth-order valence-electron chi connectivity index (χ4n) is 2.81. The molecule has 0 aromatic heterocycles.